The summed E-state index contributed by atoms with van der Waals surface area (Å²) in [5, 5.41) is 4.20. The molecule has 19 heavy (non-hydrogen) atoms. The van der Waals surface area contributed by atoms with Gasteiger partial charge in [-0.1, -0.05) is 35.0 Å². The Morgan fingerprint density at radius 3 is 2.89 bits per heavy atom. The Kier molecular flexibility index (Phi) is 4.96. The van der Waals surface area contributed by atoms with Crippen LogP contribution >= 0.6 is 35.0 Å². The van der Waals surface area contributed by atoms with Crippen molar-refractivity contribution in [3.05, 3.63) is 28.2 Å². The van der Waals surface area contributed by atoms with Crippen molar-refractivity contribution in [3.8, 4) is 5.75 Å². The van der Waals surface area contributed by atoms with E-state index >= 15 is 0 Å². The van der Waals surface area contributed by atoms with Crippen molar-refractivity contribution < 1.29 is 9.53 Å². The second-order valence-corrected chi connectivity index (χ2v) is 5.76. The molecular formula is C12H12Cl2N2O2S. The van der Waals surface area contributed by atoms with E-state index in [1.165, 1.54) is 11.8 Å². The van der Waals surface area contributed by atoms with Crippen molar-refractivity contribution in [3.63, 3.8) is 0 Å². The molecule has 102 valence electrons. The van der Waals surface area contributed by atoms with E-state index in [0.717, 1.165) is 12.3 Å². The third kappa shape index (κ3) is 4.03. The summed E-state index contributed by atoms with van der Waals surface area (Å²) in [5.41, 5.74) is 0. The molecule has 1 amide bonds. The zero-order valence-electron chi connectivity index (χ0n) is 10.2. The van der Waals surface area contributed by atoms with Crippen LogP contribution in [0.1, 0.15) is 6.92 Å². The highest BCUT2D eigenvalue weighted by molar-refractivity contribution is 8.14. The lowest BCUT2D eigenvalue weighted by molar-refractivity contribution is -0.125. The lowest BCUT2D eigenvalue weighted by Gasteiger charge is -2.14. The van der Waals surface area contributed by atoms with Gasteiger partial charge in [0.1, 0.15) is 5.75 Å². The molecule has 1 aliphatic rings. The Balaban J connectivity index is 1.93. The number of amidine groups is 1. The predicted molar refractivity (Wildman–Crippen MR) is 79.5 cm³/mol. The fourth-order valence-corrected chi connectivity index (χ4v) is 2.44. The number of carbonyl (C=O) groups is 1. The van der Waals surface area contributed by atoms with Crippen molar-refractivity contribution >= 4 is 46.0 Å². The molecule has 1 aromatic carbocycles. The second kappa shape index (κ2) is 6.50. The summed E-state index contributed by atoms with van der Waals surface area (Å²) in [6.45, 7) is 2.40. The standard InChI is InChI=1S/C12H12Cl2N2O2S/c1-7(11(17)16-12-15-4-5-19-12)18-8-2-3-9(13)10(14)6-8/h2-3,6-7H,4-5H2,1H3,(H,15,16,17). The first-order chi connectivity index (χ1) is 9.06. The Bertz CT molecular complexity index is 522. The van der Waals surface area contributed by atoms with Crippen LogP contribution in [0, 0.1) is 0 Å². The van der Waals surface area contributed by atoms with Gasteiger partial charge < -0.3 is 10.1 Å². The van der Waals surface area contributed by atoms with Gasteiger partial charge in [0.25, 0.3) is 5.91 Å². The molecule has 0 aromatic heterocycles. The van der Waals surface area contributed by atoms with Crippen LogP contribution in [0.25, 0.3) is 0 Å². The van der Waals surface area contributed by atoms with E-state index in [-0.39, 0.29) is 5.91 Å². The molecule has 0 radical (unpaired) electrons. The Labute approximate surface area is 125 Å². The van der Waals surface area contributed by atoms with Crippen molar-refractivity contribution in [1.29, 1.82) is 0 Å². The molecule has 0 saturated heterocycles. The molecule has 0 fully saturated rings. The van der Waals surface area contributed by atoms with Crippen molar-refractivity contribution in [2.24, 2.45) is 4.99 Å². The van der Waals surface area contributed by atoms with Gasteiger partial charge in [0.15, 0.2) is 11.3 Å². The minimum atomic E-state index is -0.638. The lowest BCUT2D eigenvalue weighted by Crippen LogP contribution is -2.38. The number of hydrogen-bond donors (Lipinski definition) is 1. The van der Waals surface area contributed by atoms with Crippen LogP contribution in [0.4, 0.5) is 0 Å². The van der Waals surface area contributed by atoms with E-state index in [4.69, 9.17) is 27.9 Å². The summed E-state index contributed by atoms with van der Waals surface area (Å²) in [5.74, 6) is 1.16. The summed E-state index contributed by atoms with van der Waals surface area (Å²) in [6, 6.07) is 4.87. The molecule has 1 aromatic rings. The van der Waals surface area contributed by atoms with Crippen LogP contribution in [0.15, 0.2) is 23.2 Å². The molecule has 7 heteroatoms. The summed E-state index contributed by atoms with van der Waals surface area (Å²) >= 11 is 13.2. The molecule has 0 bridgehead atoms. The van der Waals surface area contributed by atoms with Gasteiger partial charge in [-0.05, 0) is 19.1 Å². The quantitative estimate of drug-likeness (QED) is 0.932. The normalized spacial score (nSPS) is 15.8. The van der Waals surface area contributed by atoms with Crippen molar-refractivity contribution in [2.75, 3.05) is 12.3 Å². The number of aliphatic imine (C=N–C) groups is 1. The van der Waals surface area contributed by atoms with E-state index in [9.17, 15) is 4.79 Å². The van der Waals surface area contributed by atoms with E-state index in [1.54, 1.807) is 25.1 Å². The van der Waals surface area contributed by atoms with Crippen LogP contribution in [-0.4, -0.2) is 29.5 Å². The zero-order valence-corrected chi connectivity index (χ0v) is 12.5. The fraction of sp³-hybridized carbons (Fsp3) is 0.333. The molecule has 1 heterocycles. The molecule has 1 N–H and O–H groups in total. The average molecular weight is 319 g/mol. The lowest BCUT2D eigenvalue weighted by atomic mass is 10.3. The number of nitrogens with zero attached hydrogens (tertiary/aromatic N) is 1. The van der Waals surface area contributed by atoms with Crippen LogP contribution in [0.2, 0.25) is 10.0 Å². The minimum absolute atomic E-state index is 0.237. The van der Waals surface area contributed by atoms with Crippen molar-refractivity contribution in [1.82, 2.24) is 5.32 Å². The summed E-state index contributed by atoms with van der Waals surface area (Å²) in [4.78, 5) is 16.0. The van der Waals surface area contributed by atoms with E-state index < -0.39 is 6.10 Å². The first kappa shape index (κ1) is 14.5. The minimum Gasteiger partial charge on any atom is -0.481 e. The number of ether oxygens (including phenoxy) is 1. The first-order valence-corrected chi connectivity index (χ1v) is 7.40. The van der Waals surface area contributed by atoms with Crippen LogP contribution < -0.4 is 10.1 Å². The summed E-state index contributed by atoms with van der Waals surface area (Å²) in [6.07, 6.45) is -0.638. The maximum Gasteiger partial charge on any atom is 0.266 e. The smallest absolute Gasteiger partial charge is 0.266 e. The Morgan fingerprint density at radius 1 is 1.47 bits per heavy atom. The number of thioether (sulfide) groups is 1. The highest BCUT2D eigenvalue weighted by Gasteiger charge is 2.18. The van der Waals surface area contributed by atoms with E-state index in [0.29, 0.717) is 21.0 Å². The molecule has 0 spiro atoms. The number of rotatable bonds is 3. The molecule has 2 rings (SSSR count). The van der Waals surface area contributed by atoms with Crippen LogP contribution in [0.5, 0.6) is 5.75 Å². The van der Waals surface area contributed by atoms with Gasteiger partial charge >= 0.3 is 0 Å². The molecule has 0 saturated carbocycles. The van der Waals surface area contributed by atoms with Gasteiger partial charge in [-0.25, -0.2) is 0 Å². The molecule has 1 atom stereocenters. The number of benzene rings is 1. The van der Waals surface area contributed by atoms with Gasteiger partial charge in [-0.2, -0.15) is 0 Å². The van der Waals surface area contributed by atoms with Crippen molar-refractivity contribution in [2.45, 2.75) is 13.0 Å². The fourth-order valence-electron chi connectivity index (χ4n) is 1.43. The molecule has 1 unspecified atom stereocenters. The highest BCUT2D eigenvalue weighted by atomic mass is 35.5. The molecular weight excluding hydrogens is 307 g/mol. The SMILES string of the molecule is CC(Oc1ccc(Cl)c(Cl)c1)C(=O)NC1=NCCS1. The maximum atomic E-state index is 11.9. The largest absolute Gasteiger partial charge is 0.481 e. The average Bonchev–Trinajstić information content (AvgIpc) is 2.86. The highest BCUT2D eigenvalue weighted by Crippen LogP contribution is 2.26. The number of carbonyl (C=O) groups excluding carboxylic acids is 1. The van der Waals surface area contributed by atoms with Crippen LogP contribution in [-0.2, 0) is 4.79 Å². The van der Waals surface area contributed by atoms with E-state index in [2.05, 4.69) is 10.3 Å². The topological polar surface area (TPSA) is 50.7 Å². The van der Waals surface area contributed by atoms with Gasteiger partial charge in [0.2, 0.25) is 0 Å². The molecule has 0 aliphatic carbocycles. The first-order valence-electron chi connectivity index (χ1n) is 5.66. The Hall–Kier alpha value is -0.910. The number of hydrogen-bond acceptors (Lipinski definition) is 4. The third-order valence-corrected chi connectivity index (χ3v) is 4.02. The van der Waals surface area contributed by atoms with Gasteiger partial charge in [0, 0.05) is 11.8 Å². The number of amides is 1. The van der Waals surface area contributed by atoms with E-state index in [1.807, 2.05) is 0 Å². The predicted octanol–water partition coefficient (Wildman–Crippen LogP) is 2.98. The maximum absolute atomic E-state index is 11.9. The van der Waals surface area contributed by atoms with Gasteiger partial charge in [-0.15, -0.1) is 0 Å². The second-order valence-electron chi connectivity index (χ2n) is 3.86. The number of halogens is 2. The summed E-state index contributed by atoms with van der Waals surface area (Å²) in [7, 11) is 0. The summed E-state index contributed by atoms with van der Waals surface area (Å²) < 4.78 is 5.50. The number of nitrogens with one attached hydrogen (secondary N) is 1. The van der Waals surface area contributed by atoms with Crippen LogP contribution in [0.3, 0.4) is 0 Å². The third-order valence-electron chi connectivity index (χ3n) is 2.39. The Morgan fingerprint density at radius 2 is 2.26 bits per heavy atom. The molecule has 4 nitrogen and oxygen atoms in total. The zero-order chi connectivity index (χ0) is 13.8. The monoisotopic (exact) mass is 318 g/mol. The van der Waals surface area contributed by atoms with Gasteiger partial charge in [-0.3, -0.25) is 9.79 Å². The van der Waals surface area contributed by atoms with Gasteiger partial charge in [0.05, 0.1) is 16.6 Å². The molecule has 1 aliphatic heterocycles.